The Hall–Kier alpha value is -1.05. The molecule has 0 aliphatic carbocycles. The minimum Gasteiger partial charge on any atom is -0.357 e. The molecule has 0 radical (unpaired) electrons. The molecule has 0 atom stereocenters. The normalized spacial score (nSPS) is 18.1. The molecule has 1 aliphatic heterocycles. The molecule has 2 nitrogen and oxygen atoms in total. The molecule has 1 heterocycles. The second kappa shape index (κ2) is 5.63. The average molecular weight is 192 g/mol. The number of allylic oxidation sites excluding steroid dienone is 2. The Morgan fingerprint density at radius 2 is 2.00 bits per heavy atom. The van der Waals surface area contributed by atoms with Crippen molar-refractivity contribution in [2.24, 2.45) is 4.99 Å². The zero-order valence-corrected chi connectivity index (χ0v) is 9.13. The average Bonchev–Trinajstić information content (AvgIpc) is 2.26. The van der Waals surface area contributed by atoms with Gasteiger partial charge in [-0.05, 0) is 38.5 Å². The Morgan fingerprint density at radius 3 is 2.50 bits per heavy atom. The first-order chi connectivity index (χ1) is 6.77. The third kappa shape index (κ3) is 3.02. The van der Waals surface area contributed by atoms with Crippen molar-refractivity contribution < 1.29 is 0 Å². The molecule has 0 bridgehead atoms. The summed E-state index contributed by atoms with van der Waals surface area (Å²) < 4.78 is 0. The summed E-state index contributed by atoms with van der Waals surface area (Å²) in [5, 5.41) is 0. The van der Waals surface area contributed by atoms with Gasteiger partial charge >= 0.3 is 0 Å². The summed E-state index contributed by atoms with van der Waals surface area (Å²) in [6.45, 7) is 11.9. The number of likely N-dealkylation sites (tertiary alicyclic amines) is 1. The molecule has 0 amide bonds. The van der Waals surface area contributed by atoms with E-state index in [4.69, 9.17) is 0 Å². The number of hydrogen-bond acceptors (Lipinski definition) is 2. The zero-order valence-electron chi connectivity index (χ0n) is 9.13. The highest BCUT2D eigenvalue weighted by atomic mass is 15.2. The van der Waals surface area contributed by atoms with E-state index in [1.807, 2.05) is 0 Å². The van der Waals surface area contributed by atoms with Crippen molar-refractivity contribution in [2.45, 2.75) is 32.6 Å². The van der Waals surface area contributed by atoms with Crippen LogP contribution in [0.1, 0.15) is 32.6 Å². The standard InChI is InChI=1S/C12H20N2/c1-4-11(2)10-12(13-3)14-8-6-5-7-9-14/h10H,2-9H2,1H3/b12-10+. The van der Waals surface area contributed by atoms with Gasteiger partial charge in [-0.1, -0.05) is 19.1 Å². The fraction of sp³-hybridized carbons (Fsp3) is 0.583. The summed E-state index contributed by atoms with van der Waals surface area (Å²) in [5.41, 5.74) is 1.12. The second-order valence-electron chi connectivity index (χ2n) is 3.72. The summed E-state index contributed by atoms with van der Waals surface area (Å²) in [6.07, 6.45) is 6.91. The molecule has 0 spiro atoms. The third-order valence-electron chi connectivity index (χ3n) is 2.63. The van der Waals surface area contributed by atoms with Gasteiger partial charge in [0.2, 0.25) is 0 Å². The van der Waals surface area contributed by atoms with Gasteiger partial charge in [-0.2, -0.15) is 0 Å². The van der Waals surface area contributed by atoms with Crippen LogP contribution < -0.4 is 0 Å². The van der Waals surface area contributed by atoms with Crippen LogP contribution in [0.4, 0.5) is 0 Å². The molecule has 0 saturated carbocycles. The van der Waals surface area contributed by atoms with Gasteiger partial charge in [0.15, 0.2) is 0 Å². The Morgan fingerprint density at radius 1 is 1.36 bits per heavy atom. The van der Waals surface area contributed by atoms with Crippen molar-refractivity contribution in [3.05, 3.63) is 24.0 Å². The van der Waals surface area contributed by atoms with Gasteiger partial charge in [0.1, 0.15) is 5.82 Å². The Balaban J connectivity index is 2.64. The maximum Gasteiger partial charge on any atom is 0.127 e. The van der Waals surface area contributed by atoms with Gasteiger partial charge in [-0.3, -0.25) is 0 Å². The highest BCUT2D eigenvalue weighted by molar-refractivity contribution is 5.31. The van der Waals surface area contributed by atoms with Crippen molar-refractivity contribution >= 4 is 6.72 Å². The van der Waals surface area contributed by atoms with Gasteiger partial charge in [0.05, 0.1) is 0 Å². The Labute approximate surface area is 87.0 Å². The van der Waals surface area contributed by atoms with Gasteiger partial charge < -0.3 is 4.90 Å². The third-order valence-corrected chi connectivity index (χ3v) is 2.63. The first-order valence-electron chi connectivity index (χ1n) is 5.39. The van der Waals surface area contributed by atoms with Crippen LogP contribution in [0.2, 0.25) is 0 Å². The highest BCUT2D eigenvalue weighted by Crippen LogP contribution is 2.17. The maximum absolute atomic E-state index is 4.08. The number of hydrogen-bond donors (Lipinski definition) is 0. The number of rotatable bonds is 4. The second-order valence-corrected chi connectivity index (χ2v) is 3.72. The molecule has 78 valence electrons. The minimum absolute atomic E-state index is 0.979. The number of piperidine rings is 1. The van der Waals surface area contributed by atoms with E-state index in [0.29, 0.717) is 0 Å². The smallest absolute Gasteiger partial charge is 0.127 e. The van der Waals surface area contributed by atoms with Crippen molar-refractivity contribution in [1.82, 2.24) is 4.90 Å². The van der Waals surface area contributed by atoms with E-state index in [-0.39, 0.29) is 0 Å². The summed E-state index contributed by atoms with van der Waals surface area (Å²) >= 11 is 0. The van der Waals surface area contributed by atoms with E-state index >= 15 is 0 Å². The molecule has 0 aromatic rings. The van der Waals surface area contributed by atoms with Crippen LogP contribution in [-0.4, -0.2) is 24.7 Å². The Bertz CT molecular complexity index is 235. The van der Waals surface area contributed by atoms with E-state index in [0.717, 1.165) is 30.9 Å². The molecule has 1 saturated heterocycles. The molecule has 1 aliphatic rings. The van der Waals surface area contributed by atoms with E-state index < -0.39 is 0 Å². The maximum atomic E-state index is 4.08. The lowest BCUT2D eigenvalue weighted by molar-refractivity contribution is 0.283. The van der Waals surface area contributed by atoms with Crippen molar-refractivity contribution in [3.8, 4) is 0 Å². The summed E-state index contributed by atoms with van der Waals surface area (Å²) in [7, 11) is 0. The highest BCUT2D eigenvalue weighted by Gasteiger charge is 2.11. The molecular formula is C12H20N2. The number of aliphatic imine (C=N–C) groups is 1. The first-order valence-corrected chi connectivity index (χ1v) is 5.39. The SMILES string of the molecule is C=N/C(=C\C(=C)CC)N1CCCCC1. The van der Waals surface area contributed by atoms with Crippen LogP contribution in [0.5, 0.6) is 0 Å². The molecular weight excluding hydrogens is 172 g/mol. The van der Waals surface area contributed by atoms with Crippen LogP contribution in [0.25, 0.3) is 0 Å². The topological polar surface area (TPSA) is 15.6 Å². The monoisotopic (exact) mass is 192 g/mol. The quantitative estimate of drug-likeness (QED) is 0.494. The molecule has 0 aromatic heterocycles. The zero-order chi connectivity index (χ0) is 10.4. The molecule has 14 heavy (non-hydrogen) atoms. The summed E-state index contributed by atoms with van der Waals surface area (Å²) in [5.74, 6) is 0.997. The molecule has 0 aromatic carbocycles. The first kappa shape index (κ1) is 11.0. The van der Waals surface area contributed by atoms with E-state index in [1.54, 1.807) is 0 Å². The van der Waals surface area contributed by atoms with E-state index in [9.17, 15) is 0 Å². The molecule has 2 heteroatoms. The van der Waals surface area contributed by atoms with Crippen LogP contribution in [0.15, 0.2) is 29.0 Å². The molecule has 0 N–H and O–H groups in total. The van der Waals surface area contributed by atoms with Crippen LogP contribution in [-0.2, 0) is 0 Å². The molecule has 1 fully saturated rings. The van der Waals surface area contributed by atoms with Crippen LogP contribution >= 0.6 is 0 Å². The predicted octanol–water partition coefficient (Wildman–Crippen LogP) is 2.98. The lowest BCUT2D eigenvalue weighted by Crippen LogP contribution is -2.28. The minimum atomic E-state index is 0.979. The largest absolute Gasteiger partial charge is 0.357 e. The van der Waals surface area contributed by atoms with Crippen molar-refractivity contribution in [2.75, 3.05) is 13.1 Å². The van der Waals surface area contributed by atoms with E-state index in [2.05, 4.69) is 36.2 Å². The summed E-state index contributed by atoms with van der Waals surface area (Å²) in [6, 6.07) is 0. The fourth-order valence-electron chi connectivity index (χ4n) is 1.64. The van der Waals surface area contributed by atoms with Crippen LogP contribution in [0.3, 0.4) is 0 Å². The van der Waals surface area contributed by atoms with Crippen molar-refractivity contribution in [3.63, 3.8) is 0 Å². The predicted molar refractivity (Wildman–Crippen MR) is 62.5 cm³/mol. The Kier molecular flexibility index (Phi) is 4.44. The van der Waals surface area contributed by atoms with Crippen molar-refractivity contribution in [1.29, 1.82) is 0 Å². The van der Waals surface area contributed by atoms with Gasteiger partial charge in [-0.15, -0.1) is 0 Å². The van der Waals surface area contributed by atoms with Gasteiger partial charge in [0.25, 0.3) is 0 Å². The number of nitrogens with zero attached hydrogens (tertiary/aromatic N) is 2. The van der Waals surface area contributed by atoms with Gasteiger partial charge in [0, 0.05) is 13.1 Å². The summed E-state index contributed by atoms with van der Waals surface area (Å²) in [4.78, 5) is 6.38. The van der Waals surface area contributed by atoms with E-state index in [1.165, 1.54) is 19.3 Å². The van der Waals surface area contributed by atoms with Crippen LogP contribution in [0, 0.1) is 0 Å². The molecule has 1 rings (SSSR count). The van der Waals surface area contributed by atoms with Gasteiger partial charge in [-0.25, -0.2) is 4.99 Å². The molecule has 0 unspecified atom stereocenters. The fourth-order valence-corrected chi connectivity index (χ4v) is 1.64. The lowest BCUT2D eigenvalue weighted by atomic mass is 10.1. The lowest BCUT2D eigenvalue weighted by Gasteiger charge is -2.28.